The monoisotopic (exact) mass is 274 g/mol. The number of amides is 2. The minimum atomic E-state index is -0.258. The Balaban J connectivity index is 1.77. The van der Waals surface area contributed by atoms with Crippen LogP contribution in [0, 0.1) is 0 Å². The van der Waals surface area contributed by atoms with Crippen LogP contribution in [0.4, 0.5) is 10.5 Å². The Morgan fingerprint density at radius 1 is 1.25 bits per heavy atom. The lowest BCUT2D eigenvalue weighted by atomic mass is 10.0. The molecule has 2 aliphatic rings. The molecule has 2 aliphatic heterocycles. The largest absolute Gasteiger partial charge is 0.378 e. The second kappa shape index (κ2) is 5.50. The van der Waals surface area contributed by atoms with Crippen molar-refractivity contribution in [3.8, 4) is 0 Å². The number of nitrogens with one attached hydrogen (secondary N) is 2. The summed E-state index contributed by atoms with van der Waals surface area (Å²) in [7, 11) is 0. The van der Waals surface area contributed by atoms with Crippen molar-refractivity contribution in [3.63, 3.8) is 0 Å². The first-order valence-electron chi connectivity index (χ1n) is 6.81. The van der Waals surface area contributed by atoms with Gasteiger partial charge in [0.1, 0.15) is 0 Å². The molecule has 20 heavy (non-hydrogen) atoms. The molecule has 106 valence electrons. The maximum Gasteiger partial charge on any atom is 0.335 e. The van der Waals surface area contributed by atoms with Crippen molar-refractivity contribution in [2.45, 2.75) is 13.0 Å². The number of ether oxygens (including phenoxy) is 1. The van der Waals surface area contributed by atoms with E-state index in [4.69, 9.17) is 4.74 Å². The van der Waals surface area contributed by atoms with E-state index in [-0.39, 0.29) is 12.1 Å². The number of carbonyl (C=O) groups is 1. The van der Waals surface area contributed by atoms with Gasteiger partial charge in [0, 0.05) is 24.3 Å². The van der Waals surface area contributed by atoms with Gasteiger partial charge in [-0.2, -0.15) is 5.10 Å². The van der Waals surface area contributed by atoms with Gasteiger partial charge in [0.2, 0.25) is 0 Å². The summed E-state index contributed by atoms with van der Waals surface area (Å²) in [6.45, 7) is 5.33. The van der Waals surface area contributed by atoms with Crippen LogP contribution in [0.25, 0.3) is 0 Å². The first-order valence-corrected chi connectivity index (χ1v) is 6.81. The summed E-state index contributed by atoms with van der Waals surface area (Å²) in [5.41, 5.74) is 5.50. The number of anilines is 1. The number of urea groups is 1. The molecule has 0 radical (unpaired) electrons. The second-order valence-corrected chi connectivity index (χ2v) is 4.95. The molecule has 6 nitrogen and oxygen atoms in total. The van der Waals surface area contributed by atoms with E-state index in [1.54, 1.807) is 0 Å². The van der Waals surface area contributed by atoms with Gasteiger partial charge in [-0.25, -0.2) is 10.2 Å². The first kappa shape index (κ1) is 12.9. The van der Waals surface area contributed by atoms with Crippen LogP contribution >= 0.6 is 0 Å². The van der Waals surface area contributed by atoms with Gasteiger partial charge in [-0.3, -0.25) is 0 Å². The summed E-state index contributed by atoms with van der Waals surface area (Å²) in [5.74, 6) is 0. The molecule has 2 heterocycles. The Hall–Kier alpha value is -2.08. The molecule has 0 aliphatic carbocycles. The van der Waals surface area contributed by atoms with Crippen LogP contribution < -0.4 is 15.6 Å². The molecule has 2 N–H and O–H groups in total. The average molecular weight is 274 g/mol. The van der Waals surface area contributed by atoms with E-state index >= 15 is 0 Å². The van der Waals surface area contributed by atoms with Gasteiger partial charge < -0.3 is 15.0 Å². The summed E-state index contributed by atoms with van der Waals surface area (Å²) < 4.78 is 5.35. The number of hydrazone groups is 1. The van der Waals surface area contributed by atoms with E-state index < -0.39 is 0 Å². The van der Waals surface area contributed by atoms with E-state index in [0.717, 1.165) is 37.6 Å². The van der Waals surface area contributed by atoms with Gasteiger partial charge >= 0.3 is 6.03 Å². The minimum absolute atomic E-state index is 0.0852. The number of nitrogens with zero attached hydrogens (tertiary/aromatic N) is 2. The third-order valence-corrected chi connectivity index (χ3v) is 3.57. The van der Waals surface area contributed by atoms with Crippen molar-refractivity contribution in [1.82, 2.24) is 10.7 Å². The van der Waals surface area contributed by atoms with Crippen molar-refractivity contribution >= 4 is 17.4 Å². The van der Waals surface area contributed by atoms with Crippen molar-refractivity contribution in [1.29, 1.82) is 0 Å². The molecule has 0 bridgehead atoms. The van der Waals surface area contributed by atoms with Crippen molar-refractivity contribution in [2.75, 3.05) is 31.2 Å². The molecule has 1 aromatic carbocycles. The molecule has 6 heteroatoms. The quantitative estimate of drug-likeness (QED) is 0.843. The fourth-order valence-corrected chi connectivity index (χ4v) is 2.48. The van der Waals surface area contributed by atoms with Crippen LogP contribution in [0.3, 0.4) is 0 Å². The normalized spacial score (nSPS) is 22.9. The predicted molar refractivity (Wildman–Crippen MR) is 77.1 cm³/mol. The third kappa shape index (κ3) is 2.60. The SMILES string of the molecule is CC1NC(=O)NN=C1c1ccc(N2CCOCC2)cc1. The third-order valence-electron chi connectivity index (χ3n) is 3.57. The fraction of sp³-hybridized carbons (Fsp3) is 0.429. The highest BCUT2D eigenvalue weighted by atomic mass is 16.5. The molecule has 1 saturated heterocycles. The van der Waals surface area contributed by atoms with Crippen LogP contribution in [-0.4, -0.2) is 44.1 Å². The number of hydrogen-bond acceptors (Lipinski definition) is 4. The molecule has 0 saturated carbocycles. The second-order valence-electron chi connectivity index (χ2n) is 4.95. The highest BCUT2D eigenvalue weighted by molar-refractivity contribution is 6.07. The van der Waals surface area contributed by atoms with E-state index in [2.05, 4.69) is 32.9 Å². The molecular weight excluding hydrogens is 256 g/mol. The molecule has 0 spiro atoms. The lowest BCUT2D eigenvalue weighted by molar-refractivity contribution is 0.122. The number of rotatable bonds is 2. The Kier molecular flexibility index (Phi) is 3.56. The predicted octanol–water partition coefficient (Wildman–Crippen LogP) is 0.929. The van der Waals surface area contributed by atoms with Gasteiger partial charge in [0.05, 0.1) is 25.0 Å². The average Bonchev–Trinajstić information content (AvgIpc) is 2.48. The lowest BCUT2D eigenvalue weighted by Crippen LogP contribution is -2.48. The van der Waals surface area contributed by atoms with E-state index in [9.17, 15) is 4.79 Å². The molecular formula is C14H18N4O2. The Morgan fingerprint density at radius 2 is 1.95 bits per heavy atom. The summed E-state index contributed by atoms with van der Waals surface area (Å²) in [6.07, 6.45) is 0. The molecule has 1 aromatic rings. The van der Waals surface area contributed by atoms with E-state index in [0.29, 0.717) is 0 Å². The van der Waals surface area contributed by atoms with Crippen molar-refractivity contribution in [3.05, 3.63) is 29.8 Å². The summed E-state index contributed by atoms with van der Waals surface area (Å²) in [5, 5.41) is 6.92. The first-order chi connectivity index (χ1) is 9.74. The van der Waals surface area contributed by atoms with Gasteiger partial charge in [0.25, 0.3) is 0 Å². The molecule has 0 aromatic heterocycles. The zero-order valence-corrected chi connectivity index (χ0v) is 11.4. The summed E-state index contributed by atoms with van der Waals surface area (Å²) in [6, 6.07) is 7.92. The zero-order valence-electron chi connectivity index (χ0n) is 11.4. The molecule has 1 atom stereocenters. The number of carbonyl (C=O) groups excluding carboxylic acids is 1. The molecule has 1 unspecified atom stereocenters. The maximum absolute atomic E-state index is 11.2. The smallest absolute Gasteiger partial charge is 0.335 e. The highest BCUT2D eigenvalue weighted by Gasteiger charge is 2.20. The van der Waals surface area contributed by atoms with E-state index in [1.807, 2.05) is 19.1 Å². The van der Waals surface area contributed by atoms with Crippen LogP contribution in [0.1, 0.15) is 12.5 Å². The Bertz CT molecular complexity index is 520. The van der Waals surface area contributed by atoms with Gasteiger partial charge in [-0.05, 0) is 19.1 Å². The Labute approximate surface area is 117 Å². The van der Waals surface area contributed by atoms with E-state index in [1.165, 1.54) is 5.69 Å². The topological polar surface area (TPSA) is 66.0 Å². The van der Waals surface area contributed by atoms with Gasteiger partial charge in [0.15, 0.2) is 0 Å². The van der Waals surface area contributed by atoms with Gasteiger partial charge in [-0.1, -0.05) is 12.1 Å². The fourth-order valence-electron chi connectivity index (χ4n) is 2.48. The van der Waals surface area contributed by atoms with Gasteiger partial charge in [-0.15, -0.1) is 0 Å². The number of hydrogen-bond donors (Lipinski definition) is 2. The maximum atomic E-state index is 11.2. The minimum Gasteiger partial charge on any atom is -0.378 e. The van der Waals surface area contributed by atoms with Crippen LogP contribution in [0.2, 0.25) is 0 Å². The standard InChI is InChI=1S/C14H18N4O2/c1-10-13(16-17-14(19)15-10)11-2-4-12(5-3-11)18-6-8-20-9-7-18/h2-5,10H,6-9H2,1H3,(H2,15,17,19). The van der Waals surface area contributed by atoms with Crippen molar-refractivity contribution < 1.29 is 9.53 Å². The summed E-state index contributed by atoms with van der Waals surface area (Å²) in [4.78, 5) is 13.5. The highest BCUT2D eigenvalue weighted by Crippen LogP contribution is 2.18. The Morgan fingerprint density at radius 3 is 2.60 bits per heavy atom. The van der Waals surface area contributed by atoms with Crippen LogP contribution in [0.15, 0.2) is 29.4 Å². The number of benzene rings is 1. The van der Waals surface area contributed by atoms with Crippen molar-refractivity contribution in [2.24, 2.45) is 5.10 Å². The van der Waals surface area contributed by atoms with Crippen LogP contribution in [-0.2, 0) is 4.74 Å². The van der Waals surface area contributed by atoms with Crippen LogP contribution in [0.5, 0.6) is 0 Å². The lowest BCUT2D eigenvalue weighted by Gasteiger charge is -2.29. The zero-order chi connectivity index (χ0) is 13.9. The molecule has 2 amide bonds. The molecule has 3 rings (SSSR count). The summed E-state index contributed by atoms with van der Waals surface area (Å²) >= 11 is 0. The number of morpholine rings is 1. The molecule has 1 fully saturated rings.